The summed E-state index contributed by atoms with van der Waals surface area (Å²) in [7, 11) is 1.90. The van der Waals surface area contributed by atoms with Gasteiger partial charge < -0.3 is 10.5 Å². The first-order valence-electron chi connectivity index (χ1n) is 5.27. The maximum absolute atomic E-state index is 5.59. The van der Waals surface area contributed by atoms with E-state index >= 15 is 0 Å². The van der Waals surface area contributed by atoms with Crippen LogP contribution in [0.4, 0.5) is 5.95 Å². The molecule has 2 aromatic rings. The van der Waals surface area contributed by atoms with Gasteiger partial charge in [-0.25, -0.2) is 9.97 Å². The summed E-state index contributed by atoms with van der Waals surface area (Å²) in [5.41, 5.74) is 8.16. The molecular formula is C11H15N5O. The van der Waals surface area contributed by atoms with E-state index in [4.69, 9.17) is 10.5 Å². The molecule has 2 aromatic heterocycles. The Balaban J connectivity index is 2.07. The van der Waals surface area contributed by atoms with Crippen LogP contribution >= 0.6 is 0 Å². The lowest BCUT2D eigenvalue weighted by molar-refractivity contribution is 0.295. The fourth-order valence-corrected chi connectivity index (χ4v) is 1.47. The van der Waals surface area contributed by atoms with Crippen LogP contribution in [0.1, 0.15) is 17.1 Å². The molecule has 0 aliphatic rings. The summed E-state index contributed by atoms with van der Waals surface area (Å²) >= 11 is 0. The van der Waals surface area contributed by atoms with Crippen molar-refractivity contribution in [2.45, 2.75) is 20.5 Å². The van der Waals surface area contributed by atoms with Gasteiger partial charge in [0, 0.05) is 12.7 Å². The normalized spacial score (nSPS) is 10.5. The Labute approximate surface area is 99.4 Å². The predicted octanol–water partition coefficient (Wildman–Crippen LogP) is 0.988. The minimum Gasteiger partial charge on any atom is -0.484 e. The molecule has 0 unspecified atom stereocenters. The minimum absolute atomic E-state index is 0.253. The predicted molar refractivity (Wildman–Crippen MR) is 63.5 cm³/mol. The van der Waals surface area contributed by atoms with Crippen molar-refractivity contribution >= 4 is 5.95 Å². The Kier molecular flexibility index (Phi) is 2.95. The Morgan fingerprint density at radius 1 is 1.41 bits per heavy atom. The lowest BCUT2D eigenvalue weighted by atomic mass is 10.4. The summed E-state index contributed by atoms with van der Waals surface area (Å²) < 4.78 is 7.40. The van der Waals surface area contributed by atoms with Crippen molar-refractivity contribution in [3.05, 3.63) is 29.3 Å². The molecule has 0 saturated carbocycles. The Hall–Kier alpha value is -2.11. The lowest BCUT2D eigenvalue weighted by Gasteiger charge is -2.06. The third kappa shape index (κ3) is 2.52. The van der Waals surface area contributed by atoms with Crippen LogP contribution in [-0.2, 0) is 13.7 Å². The van der Waals surface area contributed by atoms with Crippen molar-refractivity contribution in [1.82, 2.24) is 19.7 Å². The third-order valence-electron chi connectivity index (χ3n) is 2.49. The number of hydrogen-bond acceptors (Lipinski definition) is 5. The molecule has 0 fully saturated rings. The van der Waals surface area contributed by atoms with E-state index in [0.717, 1.165) is 17.1 Å². The van der Waals surface area contributed by atoms with Gasteiger partial charge in [-0.05, 0) is 19.9 Å². The van der Waals surface area contributed by atoms with Gasteiger partial charge in [0.15, 0.2) is 5.75 Å². The highest BCUT2D eigenvalue weighted by atomic mass is 16.5. The Morgan fingerprint density at radius 2 is 2.18 bits per heavy atom. The zero-order chi connectivity index (χ0) is 12.4. The molecule has 2 rings (SSSR count). The fraction of sp³-hybridized carbons (Fsp3) is 0.364. The zero-order valence-corrected chi connectivity index (χ0v) is 10.1. The second-order valence-electron chi connectivity index (χ2n) is 3.87. The summed E-state index contributed by atoms with van der Waals surface area (Å²) in [4.78, 5) is 7.92. The SMILES string of the molecule is Cc1nc(N)ncc1OCc1cc(C)n(C)n1. The van der Waals surface area contributed by atoms with Gasteiger partial charge in [-0.15, -0.1) is 0 Å². The van der Waals surface area contributed by atoms with Crippen LogP contribution in [0.2, 0.25) is 0 Å². The van der Waals surface area contributed by atoms with Crippen molar-refractivity contribution in [1.29, 1.82) is 0 Å². The molecule has 0 aliphatic carbocycles. The molecule has 2 N–H and O–H groups in total. The molecule has 0 aromatic carbocycles. The number of ether oxygens (including phenoxy) is 1. The van der Waals surface area contributed by atoms with Crippen molar-refractivity contribution in [3.8, 4) is 5.75 Å². The summed E-state index contributed by atoms with van der Waals surface area (Å²) in [5, 5.41) is 4.30. The van der Waals surface area contributed by atoms with E-state index in [1.807, 2.05) is 31.6 Å². The number of aromatic nitrogens is 4. The van der Waals surface area contributed by atoms with Crippen molar-refractivity contribution in [2.24, 2.45) is 7.05 Å². The molecule has 0 saturated heterocycles. The molecule has 0 amide bonds. The molecule has 6 heteroatoms. The highest BCUT2D eigenvalue weighted by molar-refractivity contribution is 5.29. The molecule has 0 radical (unpaired) electrons. The van der Waals surface area contributed by atoms with Gasteiger partial charge in [-0.3, -0.25) is 4.68 Å². The van der Waals surface area contributed by atoms with Crippen LogP contribution in [0.25, 0.3) is 0 Å². The van der Waals surface area contributed by atoms with Gasteiger partial charge in [-0.2, -0.15) is 5.10 Å². The van der Waals surface area contributed by atoms with Crippen molar-refractivity contribution in [3.63, 3.8) is 0 Å². The number of nitrogens with two attached hydrogens (primary N) is 1. The number of anilines is 1. The quantitative estimate of drug-likeness (QED) is 0.855. The molecule has 6 nitrogen and oxygen atoms in total. The first-order chi connectivity index (χ1) is 8.06. The molecule has 0 bridgehead atoms. The number of hydrogen-bond donors (Lipinski definition) is 1. The van der Waals surface area contributed by atoms with E-state index in [1.54, 1.807) is 6.20 Å². The molecule has 90 valence electrons. The number of nitrogens with zero attached hydrogens (tertiary/aromatic N) is 4. The largest absolute Gasteiger partial charge is 0.484 e. The standard InChI is InChI=1S/C11H15N5O/c1-7-4-9(15-16(7)3)6-17-10-5-13-11(12)14-8(10)2/h4-5H,6H2,1-3H3,(H2,12,13,14). The highest BCUT2D eigenvalue weighted by Crippen LogP contribution is 2.16. The van der Waals surface area contributed by atoms with Gasteiger partial charge >= 0.3 is 0 Å². The average Bonchev–Trinajstić information content (AvgIpc) is 2.57. The monoisotopic (exact) mass is 233 g/mol. The highest BCUT2D eigenvalue weighted by Gasteiger charge is 2.05. The van der Waals surface area contributed by atoms with E-state index in [2.05, 4.69) is 15.1 Å². The fourth-order valence-electron chi connectivity index (χ4n) is 1.47. The number of nitrogen functional groups attached to an aromatic ring is 1. The van der Waals surface area contributed by atoms with Crippen LogP contribution < -0.4 is 10.5 Å². The van der Waals surface area contributed by atoms with Crippen LogP contribution in [0.15, 0.2) is 12.3 Å². The van der Waals surface area contributed by atoms with Crippen LogP contribution in [0.5, 0.6) is 5.75 Å². The summed E-state index contributed by atoms with van der Waals surface area (Å²) in [6.45, 7) is 4.22. The molecule has 0 spiro atoms. The van der Waals surface area contributed by atoms with E-state index in [-0.39, 0.29) is 5.95 Å². The zero-order valence-electron chi connectivity index (χ0n) is 10.1. The first-order valence-corrected chi connectivity index (χ1v) is 5.27. The molecule has 0 aliphatic heterocycles. The summed E-state index contributed by atoms with van der Waals surface area (Å²) in [5.74, 6) is 0.881. The second kappa shape index (κ2) is 4.40. The third-order valence-corrected chi connectivity index (χ3v) is 2.49. The summed E-state index contributed by atoms with van der Waals surface area (Å²) in [6, 6.07) is 1.98. The van der Waals surface area contributed by atoms with Gasteiger partial charge in [0.25, 0.3) is 0 Å². The van der Waals surface area contributed by atoms with E-state index in [0.29, 0.717) is 12.4 Å². The van der Waals surface area contributed by atoms with Gasteiger partial charge in [0.05, 0.1) is 11.9 Å². The average molecular weight is 233 g/mol. The van der Waals surface area contributed by atoms with Crippen LogP contribution in [0.3, 0.4) is 0 Å². The van der Waals surface area contributed by atoms with Crippen molar-refractivity contribution in [2.75, 3.05) is 5.73 Å². The Morgan fingerprint density at radius 3 is 2.76 bits per heavy atom. The minimum atomic E-state index is 0.253. The molecule has 17 heavy (non-hydrogen) atoms. The van der Waals surface area contributed by atoms with Crippen molar-refractivity contribution < 1.29 is 4.74 Å². The molecule has 0 atom stereocenters. The number of aryl methyl sites for hydroxylation is 3. The van der Waals surface area contributed by atoms with E-state index < -0.39 is 0 Å². The van der Waals surface area contributed by atoms with Gasteiger partial charge in [-0.1, -0.05) is 0 Å². The molecule has 2 heterocycles. The van der Waals surface area contributed by atoms with E-state index in [1.165, 1.54) is 0 Å². The summed E-state index contributed by atoms with van der Waals surface area (Å²) in [6.07, 6.45) is 1.58. The number of rotatable bonds is 3. The smallest absolute Gasteiger partial charge is 0.220 e. The van der Waals surface area contributed by atoms with Gasteiger partial charge in [0.2, 0.25) is 5.95 Å². The maximum atomic E-state index is 5.59. The first kappa shape index (κ1) is 11.4. The van der Waals surface area contributed by atoms with Crippen LogP contribution in [-0.4, -0.2) is 19.7 Å². The Bertz CT molecular complexity index is 515. The lowest BCUT2D eigenvalue weighted by Crippen LogP contribution is -2.03. The van der Waals surface area contributed by atoms with Gasteiger partial charge in [0.1, 0.15) is 12.3 Å². The second-order valence-corrected chi connectivity index (χ2v) is 3.87. The van der Waals surface area contributed by atoms with E-state index in [9.17, 15) is 0 Å². The maximum Gasteiger partial charge on any atom is 0.220 e. The molecular weight excluding hydrogens is 218 g/mol. The van der Waals surface area contributed by atoms with Crippen LogP contribution in [0, 0.1) is 13.8 Å². The topological polar surface area (TPSA) is 78.9 Å².